The zero-order valence-electron chi connectivity index (χ0n) is 8.95. The van der Waals surface area contributed by atoms with Gasteiger partial charge in [0.2, 0.25) is 0 Å². The molecule has 0 aromatic carbocycles. The second-order valence-electron chi connectivity index (χ2n) is 3.35. The van der Waals surface area contributed by atoms with Gasteiger partial charge in [-0.2, -0.15) is 0 Å². The highest BCUT2D eigenvalue weighted by atomic mass is 16.5. The van der Waals surface area contributed by atoms with Crippen molar-refractivity contribution < 1.29 is 14.6 Å². The highest BCUT2D eigenvalue weighted by Crippen LogP contribution is 2.04. The molecule has 13 heavy (non-hydrogen) atoms. The van der Waals surface area contributed by atoms with Gasteiger partial charge in [-0.15, -0.1) is 0 Å². The van der Waals surface area contributed by atoms with Crippen LogP contribution in [0.2, 0.25) is 0 Å². The molecule has 0 spiro atoms. The van der Waals surface area contributed by atoms with Crippen molar-refractivity contribution in [3.63, 3.8) is 0 Å². The largest absolute Gasteiger partial charge is 0.391 e. The van der Waals surface area contributed by atoms with Gasteiger partial charge >= 0.3 is 0 Å². The quantitative estimate of drug-likeness (QED) is 0.591. The maximum absolute atomic E-state index is 9.44. The predicted octanol–water partition coefficient (Wildman–Crippen LogP) is 1.59. The lowest BCUT2D eigenvalue weighted by atomic mass is 10.1. The second-order valence-corrected chi connectivity index (χ2v) is 3.35. The van der Waals surface area contributed by atoms with E-state index in [1.807, 2.05) is 6.92 Å². The van der Waals surface area contributed by atoms with Crippen LogP contribution in [0.4, 0.5) is 0 Å². The SMILES string of the molecule is CCCOCC(O)CCC(C)OC. The van der Waals surface area contributed by atoms with E-state index < -0.39 is 0 Å². The summed E-state index contributed by atoms with van der Waals surface area (Å²) < 4.78 is 10.3. The third-order valence-corrected chi connectivity index (χ3v) is 1.97. The first-order valence-electron chi connectivity index (χ1n) is 4.99. The Balaban J connectivity index is 3.24. The first-order valence-corrected chi connectivity index (χ1v) is 4.99. The third-order valence-electron chi connectivity index (χ3n) is 1.97. The lowest BCUT2D eigenvalue weighted by Gasteiger charge is -2.13. The highest BCUT2D eigenvalue weighted by molar-refractivity contribution is 4.58. The van der Waals surface area contributed by atoms with Crippen molar-refractivity contribution in [3.05, 3.63) is 0 Å². The molecule has 0 aliphatic carbocycles. The first kappa shape index (κ1) is 12.9. The fraction of sp³-hybridized carbons (Fsp3) is 1.00. The molecule has 0 radical (unpaired) electrons. The van der Waals surface area contributed by atoms with Crippen molar-refractivity contribution >= 4 is 0 Å². The number of ether oxygens (including phenoxy) is 2. The Morgan fingerprint density at radius 3 is 2.54 bits per heavy atom. The van der Waals surface area contributed by atoms with Gasteiger partial charge in [-0.05, 0) is 26.2 Å². The second kappa shape index (κ2) is 8.48. The van der Waals surface area contributed by atoms with E-state index in [0.29, 0.717) is 6.61 Å². The molecule has 1 N–H and O–H groups in total. The van der Waals surface area contributed by atoms with E-state index in [1.165, 1.54) is 0 Å². The van der Waals surface area contributed by atoms with Crippen LogP contribution in [0.5, 0.6) is 0 Å². The van der Waals surface area contributed by atoms with E-state index in [-0.39, 0.29) is 12.2 Å². The van der Waals surface area contributed by atoms with Gasteiger partial charge in [-0.1, -0.05) is 6.92 Å². The normalized spacial score (nSPS) is 15.7. The molecule has 0 rings (SSSR count). The van der Waals surface area contributed by atoms with Gasteiger partial charge in [-0.3, -0.25) is 0 Å². The molecule has 0 aromatic rings. The van der Waals surface area contributed by atoms with E-state index in [4.69, 9.17) is 9.47 Å². The molecule has 3 nitrogen and oxygen atoms in total. The molecule has 0 amide bonds. The maximum atomic E-state index is 9.44. The average Bonchev–Trinajstić information content (AvgIpc) is 2.14. The van der Waals surface area contributed by atoms with Gasteiger partial charge in [0.1, 0.15) is 0 Å². The molecule has 0 fully saturated rings. The van der Waals surface area contributed by atoms with Crippen LogP contribution in [0.15, 0.2) is 0 Å². The van der Waals surface area contributed by atoms with Crippen LogP contribution < -0.4 is 0 Å². The van der Waals surface area contributed by atoms with Crippen LogP contribution in [0.3, 0.4) is 0 Å². The summed E-state index contributed by atoms with van der Waals surface area (Å²) in [4.78, 5) is 0. The van der Waals surface area contributed by atoms with Crippen LogP contribution >= 0.6 is 0 Å². The zero-order valence-corrected chi connectivity index (χ0v) is 8.95. The van der Waals surface area contributed by atoms with E-state index >= 15 is 0 Å². The van der Waals surface area contributed by atoms with Crippen molar-refractivity contribution in [2.75, 3.05) is 20.3 Å². The molecule has 0 bridgehead atoms. The average molecular weight is 190 g/mol. The van der Waals surface area contributed by atoms with Crippen LogP contribution in [0.1, 0.15) is 33.1 Å². The standard InChI is InChI=1S/C10H22O3/c1-4-7-13-8-10(11)6-5-9(2)12-3/h9-11H,4-8H2,1-3H3. The monoisotopic (exact) mass is 190 g/mol. The van der Waals surface area contributed by atoms with Gasteiger partial charge in [0.25, 0.3) is 0 Å². The Bertz CT molecular complexity index is 106. The number of hydrogen-bond donors (Lipinski definition) is 1. The topological polar surface area (TPSA) is 38.7 Å². The molecule has 0 saturated carbocycles. The summed E-state index contributed by atoms with van der Waals surface area (Å²) in [5.74, 6) is 0. The molecule has 0 aliphatic rings. The van der Waals surface area contributed by atoms with Crippen molar-refractivity contribution in [2.24, 2.45) is 0 Å². The molecule has 0 aliphatic heterocycles. The summed E-state index contributed by atoms with van der Waals surface area (Å²) in [5.41, 5.74) is 0. The Hall–Kier alpha value is -0.120. The molecule has 3 heteroatoms. The molecule has 80 valence electrons. The number of hydrogen-bond acceptors (Lipinski definition) is 3. The summed E-state index contributed by atoms with van der Waals surface area (Å²) in [6.45, 7) is 5.24. The van der Waals surface area contributed by atoms with Crippen molar-refractivity contribution in [1.29, 1.82) is 0 Å². The van der Waals surface area contributed by atoms with E-state index in [0.717, 1.165) is 25.9 Å². The van der Waals surface area contributed by atoms with E-state index in [1.54, 1.807) is 7.11 Å². The summed E-state index contributed by atoms with van der Waals surface area (Å²) in [6.07, 6.45) is 2.51. The van der Waals surface area contributed by atoms with Crippen LogP contribution in [-0.2, 0) is 9.47 Å². The fourth-order valence-corrected chi connectivity index (χ4v) is 0.992. The van der Waals surface area contributed by atoms with Gasteiger partial charge in [0.15, 0.2) is 0 Å². The zero-order chi connectivity index (χ0) is 10.1. The van der Waals surface area contributed by atoms with Crippen LogP contribution in [0, 0.1) is 0 Å². The maximum Gasteiger partial charge on any atom is 0.0774 e. The van der Waals surface area contributed by atoms with E-state index in [9.17, 15) is 5.11 Å². The fourth-order valence-electron chi connectivity index (χ4n) is 0.992. The van der Waals surface area contributed by atoms with Gasteiger partial charge in [-0.25, -0.2) is 0 Å². The van der Waals surface area contributed by atoms with Crippen LogP contribution in [0.25, 0.3) is 0 Å². The van der Waals surface area contributed by atoms with Crippen molar-refractivity contribution in [2.45, 2.75) is 45.3 Å². The molecule has 0 heterocycles. The summed E-state index contributed by atoms with van der Waals surface area (Å²) in [6, 6.07) is 0. The minimum Gasteiger partial charge on any atom is -0.391 e. The Kier molecular flexibility index (Phi) is 8.40. The van der Waals surface area contributed by atoms with Gasteiger partial charge in [0, 0.05) is 13.7 Å². The number of aliphatic hydroxyl groups is 1. The molecular formula is C10H22O3. The smallest absolute Gasteiger partial charge is 0.0774 e. The van der Waals surface area contributed by atoms with Crippen LogP contribution in [-0.4, -0.2) is 37.6 Å². The predicted molar refractivity (Wildman–Crippen MR) is 52.8 cm³/mol. The van der Waals surface area contributed by atoms with Crippen molar-refractivity contribution in [1.82, 2.24) is 0 Å². The van der Waals surface area contributed by atoms with Gasteiger partial charge < -0.3 is 14.6 Å². The minimum atomic E-state index is -0.343. The van der Waals surface area contributed by atoms with Crippen molar-refractivity contribution in [3.8, 4) is 0 Å². The van der Waals surface area contributed by atoms with E-state index in [2.05, 4.69) is 6.92 Å². The minimum absolute atomic E-state index is 0.223. The summed E-state index contributed by atoms with van der Waals surface area (Å²) >= 11 is 0. The third kappa shape index (κ3) is 8.22. The Morgan fingerprint density at radius 1 is 1.31 bits per heavy atom. The number of methoxy groups -OCH3 is 1. The Morgan fingerprint density at radius 2 is 2.00 bits per heavy atom. The molecule has 2 atom stereocenters. The molecule has 0 saturated heterocycles. The molecule has 0 aromatic heterocycles. The molecular weight excluding hydrogens is 168 g/mol. The summed E-state index contributed by atoms with van der Waals surface area (Å²) in [7, 11) is 1.69. The summed E-state index contributed by atoms with van der Waals surface area (Å²) in [5, 5.41) is 9.44. The van der Waals surface area contributed by atoms with Gasteiger partial charge in [0.05, 0.1) is 18.8 Å². The lowest BCUT2D eigenvalue weighted by molar-refractivity contribution is 0.0209. The number of aliphatic hydroxyl groups excluding tert-OH is 1. The highest BCUT2D eigenvalue weighted by Gasteiger charge is 2.06. The lowest BCUT2D eigenvalue weighted by Crippen LogP contribution is -2.18. The Labute approximate surface area is 81.0 Å². The molecule has 2 unspecified atom stereocenters. The number of rotatable bonds is 8. The first-order chi connectivity index (χ1) is 6.20.